The van der Waals surface area contributed by atoms with Crippen molar-refractivity contribution in [1.29, 1.82) is 0 Å². The summed E-state index contributed by atoms with van der Waals surface area (Å²) in [5, 5.41) is 19.7. The number of hydrogen-bond donors (Lipinski definition) is 4. The van der Waals surface area contributed by atoms with Gasteiger partial charge in [-0.3, -0.25) is 4.18 Å². The summed E-state index contributed by atoms with van der Waals surface area (Å²) in [6, 6.07) is 16.8. The summed E-state index contributed by atoms with van der Waals surface area (Å²) in [5.74, 6) is 0.235. The lowest BCUT2D eigenvalue weighted by Gasteiger charge is -2.35. The molecule has 1 aliphatic heterocycles. The van der Waals surface area contributed by atoms with Crippen molar-refractivity contribution in [3.63, 3.8) is 0 Å². The lowest BCUT2D eigenvalue weighted by atomic mass is 9.77. The predicted molar refractivity (Wildman–Crippen MR) is 104 cm³/mol. The van der Waals surface area contributed by atoms with Gasteiger partial charge in [-0.15, -0.1) is 0 Å². The third kappa shape index (κ3) is 2.61. The smallest absolute Gasteiger partial charge is 0.163 e. The maximum Gasteiger partial charge on any atom is 0.163 e. The first kappa shape index (κ1) is 17.9. The molecule has 3 aromatic rings. The fourth-order valence-electron chi connectivity index (χ4n) is 3.86. The van der Waals surface area contributed by atoms with E-state index in [0.717, 1.165) is 11.1 Å². The average molecular weight is 384 g/mol. The molecule has 0 aliphatic carbocycles. The molecule has 4 rings (SSSR count). The van der Waals surface area contributed by atoms with E-state index in [9.17, 15) is 19.3 Å². The monoisotopic (exact) mass is 384 g/mol. The van der Waals surface area contributed by atoms with Crippen LogP contribution in [-0.2, 0) is 9.78 Å². The Balaban J connectivity index is 2.13. The van der Waals surface area contributed by atoms with E-state index in [1.807, 2.05) is 26.0 Å². The van der Waals surface area contributed by atoms with Gasteiger partial charge < -0.3 is 19.3 Å². The number of aryl methyl sites for hydroxylation is 2. The molecule has 0 amide bonds. The largest absolute Gasteiger partial charge is 0.508 e. The summed E-state index contributed by atoms with van der Waals surface area (Å²) < 4.78 is 27.5. The van der Waals surface area contributed by atoms with Gasteiger partial charge >= 0.3 is 0 Å². The maximum atomic E-state index is 10.7. The molecular formula is C21H20O5S. The van der Waals surface area contributed by atoms with Crippen LogP contribution >= 0.6 is 10.9 Å². The second kappa shape index (κ2) is 6.00. The summed E-state index contributed by atoms with van der Waals surface area (Å²) >= 11 is 0. The van der Waals surface area contributed by atoms with E-state index in [1.54, 1.807) is 48.5 Å². The van der Waals surface area contributed by atoms with E-state index in [1.165, 1.54) is 0 Å². The van der Waals surface area contributed by atoms with Gasteiger partial charge in [-0.25, -0.2) is 0 Å². The second-order valence-electron chi connectivity index (χ2n) is 6.76. The van der Waals surface area contributed by atoms with Crippen molar-refractivity contribution in [3.8, 4) is 11.5 Å². The molecular weight excluding hydrogens is 364 g/mol. The van der Waals surface area contributed by atoms with Crippen molar-refractivity contribution in [2.24, 2.45) is 0 Å². The number of fused-ring (bicyclic) bond motifs is 1. The van der Waals surface area contributed by atoms with Gasteiger partial charge in [0.25, 0.3) is 0 Å². The summed E-state index contributed by atoms with van der Waals surface area (Å²) in [7, 11) is -3.49. The zero-order valence-electron chi connectivity index (χ0n) is 14.9. The molecule has 1 heterocycles. The average Bonchev–Trinajstić information content (AvgIpc) is 2.84. The van der Waals surface area contributed by atoms with Crippen LogP contribution in [0.15, 0.2) is 65.6 Å². The molecule has 0 bridgehead atoms. The molecule has 0 spiro atoms. The zero-order chi connectivity index (χ0) is 19.4. The number of hydrogen-bond acceptors (Lipinski definition) is 5. The fraction of sp³-hybridized carbons (Fsp3) is 0.143. The maximum absolute atomic E-state index is 10.7. The van der Waals surface area contributed by atoms with Crippen LogP contribution in [0.3, 0.4) is 0 Å². The SMILES string of the molecule is Cc1cc(O)ccc1C1(c2ccc(O)cc2C)OS(O)(O)c2ccccc21. The third-order valence-corrected chi connectivity index (χ3v) is 6.38. The van der Waals surface area contributed by atoms with Crippen molar-refractivity contribution in [2.75, 3.05) is 0 Å². The first-order valence-electron chi connectivity index (χ1n) is 8.44. The molecule has 0 radical (unpaired) electrons. The van der Waals surface area contributed by atoms with Gasteiger partial charge in [0.2, 0.25) is 0 Å². The molecule has 0 aromatic heterocycles. The zero-order valence-corrected chi connectivity index (χ0v) is 15.7. The molecule has 1 aliphatic rings. The first-order chi connectivity index (χ1) is 12.8. The van der Waals surface area contributed by atoms with Crippen LogP contribution in [0, 0.1) is 13.8 Å². The molecule has 0 fully saturated rings. The second-order valence-corrected chi connectivity index (χ2v) is 8.36. The van der Waals surface area contributed by atoms with Gasteiger partial charge in [-0.1, -0.05) is 30.3 Å². The molecule has 27 heavy (non-hydrogen) atoms. The molecule has 0 saturated carbocycles. The van der Waals surface area contributed by atoms with Gasteiger partial charge in [0, 0.05) is 5.56 Å². The minimum absolute atomic E-state index is 0.117. The highest BCUT2D eigenvalue weighted by Gasteiger charge is 2.53. The summed E-state index contributed by atoms with van der Waals surface area (Å²) in [6.07, 6.45) is 0. The lowest BCUT2D eigenvalue weighted by molar-refractivity contribution is 0.153. The van der Waals surface area contributed by atoms with E-state index < -0.39 is 16.5 Å². The van der Waals surface area contributed by atoms with Crippen LogP contribution < -0.4 is 0 Å². The lowest BCUT2D eigenvalue weighted by Crippen LogP contribution is -2.31. The molecule has 0 atom stereocenters. The van der Waals surface area contributed by atoms with Crippen molar-refractivity contribution in [3.05, 3.63) is 88.5 Å². The minimum atomic E-state index is -3.49. The topological polar surface area (TPSA) is 90.2 Å². The van der Waals surface area contributed by atoms with Crippen LogP contribution in [0.25, 0.3) is 0 Å². The van der Waals surface area contributed by atoms with E-state index in [4.69, 9.17) is 4.18 Å². The van der Waals surface area contributed by atoms with E-state index >= 15 is 0 Å². The molecule has 4 N–H and O–H groups in total. The van der Waals surface area contributed by atoms with Crippen LogP contribution in [0.4, 0.5) is 0 Å². The standard InChI is InChI=1S/C21H20O5S/c1-13-11-15(22)7-9-17(13)21(18-10-8-16(23)12-14(18)2)19-5-3-4-6-20(19)27(24,25)26-21/h3-12,22-25H,1-2H3. The molecule has 3 aromatic carbocycles. The Kier molecular flexibility index (Phi) is 3.98. The van der Waals surface area contributed by atoms with Crippen molar-refractivity contribution in [2.45, 2.75) is 24.3 Å². The molecule has 0 saturated heterocycles. The van der Waals surface area contributed by atoms with E-state index in [-0.39, 0.29) is 11.5 Å². The third-order valence-electron chi connectivity index (χ3n) is 4.97. The number of aromatic hydroxyl groups is 2. The van der Waals surface area contributed by atoms with E-state index in [0.29, 0.717) is 21.6 Å². The number of phenols is 2. The summed E-state index contributed by atoms with van der Waals surface area (Å²) in [4.78, 5) is 0.338. The van der Waals surface area contributed by atoms with Crippen LogP contribution in [-0.4, -0.2) is 19.3 Å². The van der Waals surface area contributed by atoms with Gasteiger partial charge in [0.1, 0.15) is 22.4 Å². The van der Waals surface area contributed by atoms with Gasteiger partial charge in [-0.05, 0) is 66.4 Å². The Bertz CT molecular complexity index is 993. The first-order valence-corrected chi connectivity index (χ1v) is 9.91. The molecule has 0 unspecified atom stereocenters. The normalized spacial score (nSPS) is 18.1. The number of phenolic OH excluding ortho intramolecular Hbond substituents is 2. The van der Waals surface area contributed by atoms with Crippen molar-refractivity contribution < 1.29 is 23.5 Å². The molecule has 6 heteroatoms. The summed E-state index contributed by atoms with van der Waals surface area (Å²) in [5.41, 5.74) is 2.24. The Morgan fingerprint density at radius 2 is 1.26 bits per heavy atom. The van der Waals surface area contributed by atoms with Crippen molar-refractivity contribution >= 4 is 10.9 Å². The Morgan fingerprint density at radius 1 is 0.741 bits per heavy atom. The molecule has 140 valence electrons. The van der Waals surface area contributed by atoms with Gasteiger partial charge in [0.15, 0.2) is 5.60 Å². The molecule has 5 nitrogen and oxygen atoms in total. The Hall–Kier alpha value is -2.51. The quantitative estimate of drug-likeness (QED) is 0.496. The highest BCUT2D eigenvalue weighted by atomic mass is 32.3. The predicted octanol–water partition coefficient (Wildman–Crippen LogP) is 5.06. The Labute approximate surface area is 159 Å². The minimum Gasteiger partial charge on any atom is -0.508 e. The summed E-state index contributed by atoms with van der Waals surface area (Å²) in [6.45, 7) is 3.67. The fourth-order valence-corrected chi connectivity index (χ4v) is 5.33. The van der Waals surface area contributed by atoms with Crippen LogP contribution in [0.2, 0.25) is 0 Å². The number of rotatable bonds is 2. The highest BCUT2D eigenvalue weighted by Crippen LogP contribution is 2.67. The van der Waals surface area contributed by atoms with Crippen LogP contribution in [0.1, 0.15) is 27.8 Å². The van der Waals surface area contributed by atoms with E-state index in [2.05, 4.69) is 0 Å². The highest BCUT2D eigenvalue weighted by molar-refractivity contribution is 8.20. The van der Waals surface area contributed by atoms with Crippen LogP contribution in [0.5, 0.6) is 11.5 Å². The van der Waals surface area contributed by atoms with Gasteiger partial charge in [0.05, 0.1) is 4.90 Å². The number of benzene rings is 3. The Morgan fingerprint density at radius 3 is 1.78 bits per heavy atom. The van der Waals surface area contributed by atoms with Crippen molar-refractivity contribution in [1.82, 2.24) is 0 Å². The van der Waals surface area contributed by atoms with Gasteiger partial charge in [-0.2, -0.15) is 0 Å².